The van der Waals surface area contributed by atoms with Crippen molar-refractivity contribution in [3.8, 4) is 0 Å². The van der Waals surface area contributed by atoms with Crippen molar-refractivity contribution in [1.29, 1.82) is 0 Å². The molecule has 0 unspecified atom stereocenters. The Bertz CT molecular complexity index is 336. The average Bonchev–Trinajstić information content (AvgIpc) is 2.17. The smallest absolute Gasteiger partial charge is 0.224 e. The predicted octanol–water partition coefficient (Wildman–Crippen LogP) is 2.64. The molecule has 0 heterocycles. The summed E-state index contributed by atoms with van der Waals surface area (Å²) in [5, 5.41) is 2.80. The number of rotatable bonds is 4. The summed E-state index contributed by atoms with van der Waals surface area (Å²) in [6.07, 6.45) is 1.96. The lowest BCUT2D eigenvalue weighted by atomic mass is 10.2. The van der Waals surface area contributed by atoms with E-state index in [0.717, 1.165) is 10.0 Å². The molecule has 2 nitrogen and oxygen atoms in total. The van der Waals surface area contributed by atoms with Gasteiger partial charge in [-0.3, -0.25) is 4.79 Å². The standard InChI is InChI=1S/C11H12BrNO/c1-2-5-11(14)13-8-9-6-3-4-7-10(9)12/h2-4,6-7H,1,5,8H2,(H,13,14). The average molecular weight is 254 g/mol. The Labute approximate surface area is 92.1 Å². The maximum absolute atomic E-state index is 11.1. The van der Waals surface area contributed by atoms with Gasteiger partial charge in [0.2, 0.25) is 5.91 Å². The molecule has 14 heavy (non-hydrogen) atoms. The van der Waals surface area contributed by atoms with E-state index in [1.54, 1.807) is 6.08 Å². The molecule has 3 heteroatoms. The fourth-order valence-corrected chi connectivity index (χ4v) is 1.46. The summed E-state index contributed by atoms with van der Waals surface area (Å²) in [6.45, 7) is 4.05. The molecular weight excluding hydrogens is 242 g/mol. The number of hydrogen-bond donors (Lipinski definition) is 1. The second-order valence-electron chi connectivity index (χ2n) is 2.86. The number of benzene rings is 1. The van der Waals surface area contributed by atoms with Crippen LogP contribution in [0.2, 0.25) is 0 Å². The van der Waals surface area contributed by atoms with Crippen LogP contribution in [0, 0.1) is 0 Å². The van der Waals surface area contributed by atoms with Gasteiger partial charge < -0.3 is 5.32 Å². The van der Waals surface area contributed by atoms with Crippen LogP contribution in [0.1, 0.15) is 12.0 Å². The van der Waals surface area contributed by atoms with Gasteiger partial charge in [-0.05, 0) is 11.6 Å². The fraction of sp³-hybridized carbons (Fsp3) is 0.182. The summed E-state index contributed by atoms with van der Waals surface area (Å²) in [4.78, 5) is 11.1. The molecule has 0 bridgehead atoms. The monoisotopic (exact) mass is 253 g/mol. The number of nitrogens with one attached hydrogen (secondary N) is 1. The fourth-order valence-electron chi connectivity index (χ4n) is 1.04. The third-order valence-corrected chi connectivity index (χ3v) is 2.54. The van der Waals surface area contributed by atoms with Gasteiger partial charge >= 0.3 is 0 Å². The van der Waals surface area contributed by atoms with E-state index in [2.05, 4.69) is 27.8 Å². The Morgan fingerprint density at radius 3 is 2.86 bits per heavy atom. The zero-order valence-electron chi connectivity index (χ0n) is 7.79. The van der Waals surface area contributed by atoms with Crippen LogP contribution in [0.5, 0.6) is 0 Å². The van der Waals surface area contributed by atoms with E-state index in [0.29, 0.717) is 13.0 Å². The molecule has 0 saturated heterocycles. The van der Waals surface area contributed by atoms with E-state index in [1.807, 2.05) is 24.3 Å². The van der Waals surface area contributed by atoms with E-state index in [1.165, 1.54) is 0 Å². The zero-order valence-corrected chi connectivity index (χ0v) is 9.38. The van der Waals surface area contributed by atoms with Crippen molar-refractivity contribution in [3.63, 3.8) is 0 Å². The quantitative estimate of drug-likeness (QED) is 0.822. The van der Waals surface area contributed by atoms with Crippen molar-refractivity contribution >= 4 is 21.8 Å². The number of carbonyl (C=O) groups excluding carboxylic acids is 1. The first-order chi connectivity index (χ1) is 6.74. The van der Waals surface area contributed by atoms with Crippen molar-refractivity contribution in [3.05, 3.63) is 47.0 Å². The van der Waals surface area contributed by atoms with E-state index in [4.69, 9.17) is 0 Å². The van der Waals surface area contributed by atoms with Crippen molar-refractivity contribution in [2.24, 2.45) is 0 Å². The van der Waals surface area contributed by atoms with Crippen LogP contribution in [0.25, 0.3) is 0 Å². The summed E-state index contributed by atoms with van der Waals surface area (Å²) in [7, 11) is 0. The minimum Gasteiger partial charge on any atom is -0.352 e. The molecule has 1 N–H and O–H groups in total. The first kappa shape index (κ1) is 11.0. The van der Waals surface area contributed by atoms with Crippen LogP contribution >= 0.6 is 15.9 Å². The van der Waals surface area contributed by atoms with Gasteiger partial charge in [-0.15, -0.1) is 6.58 Å². The molecule has 1 aromatic rings. The Morgan fingerprint density at radius 1 is 1.50 bits per heavy atom. The summed E-state index contributed by atoms with van der Waals surface area (Å²) in [5.74, 6) is -0.00393. The van der Waals surface area contributed by atoms with E-state index >= 15 is 0 Å². The van der Waals surface area contributed by atoms with Gasteiger partial charge in [-0.25, -0.2) is 0 Å². The van der Waals surface area contributed by atoms with Crippen molar-refractivity contribution < 1.29 is 4.79 Å². The second-order valence-corrected chi connectivity index (χ2v) is 3.72. The maximum atomic E-state index is 11.1. The number of carbonyl (C=O) groups is 1. The lowest BCUT2D eigenvalue weighted by Gasteiger charge is -2.05. The molecule has 0 aliphatic heterocycles. The third kappa shape index (κ3) is 3.34. The molecular formula is C11H12BrNO. The predicted molar refractivity (Wildman–Crippen MR) is 60.8 cm³/mol. The lowest BCUT2D eigenvalue weighted by molar-refractivity contribution is -0.120. The van der Waals surface area contributed by atoms with Crippen LogP contribution in [0.3, 0.4) is 0 Å². The molecule has 0 radical (unpaired) electrons. The van der Waals surface area contributed by atoms with Crippen LogP contribution in [-0.4, -0.2) is 5.91 Å². The summed E-state index contributed by atoms with van der Waals surface area (Å²) in [5.41, 5.74) is 1.07. The second kappa shape index (κ2) is 5.60. The number of hydrogen-bond acceptors (Lipinski definition) is 1. The normalized spacial score (nSPS) is 9.50. The molecule has 0 atom stereocenters. The van der Waals surface area contributed by atoms with E-state index in [-0.39, 0.29) is 5.91 Å². The Hall–Kier alpha value is -1.09. The third-order valence-electron chi connectivity index (χ3n) is 1.76. The molecule has 0 aliphatic carbocycles. The molecule has 0 saturated carbocycles. The summed E-state index contributed by atoms with van der Waals surface area (Å²) in [6, 6.07) is 7.81. The molecule has 0 spiro atoms. The van der Waals surface area contributed by atoms with Gasteiger partial charge in [-0.1, -0.05) is 40.2 Å². The molecule has 0 aliphatic rings. The largest absolute Gasteiger partial charge is 0.352 e. The number of amides is 1. The first-order valence-corrected chi connectivity index (χ1v) is 5.14. The van der Waals surface area contributed by atoms with Gasteiger partial charge in [-0.2, -0.15) is 0 Å². The van der Waals surface area contributed by atoms with Crippen LogP contribution in [0.15, 0.2) is 41.4 Å². The highest BCUT2D eigenvalue weighted by Gasteiger charge is 2.00. The van der Waals surface area contributed by atoms with Crippen molar-refractivity contribution in [2.45, 2.75) is 13.0 Å². The highest BCUT2D eigenvalue weighted by Crippen LogP contribution is 2.15. The summed E-state index contributed by atoms with van der Waals surface area (Å²) >= 11 is 3.41. The number of halogens is 1. The van der Waals surface area contributed by atoms with Crippen molar-refractivity contribution in [1.82, 2.24) is 5.32 Å². The highest BCUT2D eigenvalue weighted by atomic mass is 79.9. The van der Waals surface area contributed by atoms with E-state index in [9.17, 15) is 4.79 Å². The molecule has 74 valence electrons. The SMILES string of the molecule is C=CCC(=O)NCc1ccccc1Br. The molecule has 1 amide bonds. The van der Waals surface area contributed by atoms with Gasteiger partial charge in [0.1, 0.15) is 0 Å². The molecule has 1 rings (SSSR count). The Balaban J connectivity index is 2.49. The first-order valence-electron chi connectivity index (χ1n) is 4.35. The topological polar surface area (TPSA) is 29.1 Å². The van der Waals surface area contributed by atoms with Gasteiger partial charge in [0.05, 0.1) is 0 Å². The van der Waals surface area contributed by atoms with Gasteiger partial charge in [0.25, 0.3) is 0 Å². The minimum atomic E-state index is -0.00393. The molecule has 1 aromatic carbocycles. The zero-order chi connectivity index (χ0) is 10.4. The van der Waals surface area contributed by atoms with Crippen LogP contribution < -0.4 is 5.32 Å². The minimum absolute atomic E-state index is 0.00393. The molecule has 0 aromatic heterocycles. The van der Waals surface area contributed by atoms with Gasteiger partial charge in [0, 0.05) is 17.4 Å². The van der Waals surface area contributed by atoms with Crippen LogP contribution in [-0.2, 0) is 11.3 Å². The molecule has 0 fully saturated rings. The maximum Gasteiger partial charge on any atom is 0.224 e. The summed E-state index contributed by atoms with van der Waals surface area (Å²) < 4.78 is 1.01. The Kier molecular flexibility index (Phi) is 4.40. The highest BCUT2D eigenvalue weighted by molar-refractivity contribution is 9.10. The van der Waals surface area contributed by atoms with Crippen LogP contribution in [0.4, 0.5) is 0 Å². The van der Waals surface area contributed by atoms with E-state index < -0.39 is 0 Å². The van der Waals surface area contributed by atoms with Gasteiger partial charge in [0.15, 0.2) is 0 Å². The lowest BCUT2D eigenvalue weighted by Crippen LogP contribution is -2.21. The van der Waals surface area contributed by atoms with Crippen molar-refractivity contribution in [2.75, 3.05) is 0 Å². The Morgan fingerprint density at radius 2 is 2.21 bits per heavy atom.